The van der Waals surface area contributed by atoms with Gasteiger partial charge >= 0.3 is 0 Å². The van der Waals surface area contributed by atoms with Crippen LogP contribution in [0.3, 0.4) is 0 Å². The highest BCUT2D eigenvalue weighted by molar-refractivity contribution is 5.93. The van der Waals surface area contributed by atoms with Crippen LogP contribution in [0, 0.1) is 6.92 Å². The van der Waals surface area contributed by atoms with Gasteiger partial charge in [0.25, 0.3) is 5.91 Å². The van der Waals surface area contributed by atoms with Gasteiger partial charge in [-0.3, -0.25) is 9.78 Å². The van der Waals surface area contributed by atoms with Crippen LogP contribution in [0.1, 0.15) is 21.6 Å². The summed E-state index contributed by atoms with van der Waals surface area (Å²) >= 11 is 0. The number of aromatic nitrogens is 2. The molecule has 0 radical (unpaired) electrons. The minimum atomic E-state index is -0.0818. The molecule has 0 unspecified atom stereocenters. The summed E-state index contributed by atoms with van der Waals surface area (Å²) in [4.78, 5) is 19.1. The second-order valence-corrected chi connectivity index (χ2v) is 5.12. The number of nitrogens with zero attached hydrogens (tertiary/aromatic N) is 1. The molecule has 0 saturated heterocycles. The van der Waals surface area contributed by atoms with Gasteiger partial charge < -0.3 is 10.3 Å². The van der Waals surface area contributed by atoms with Gasteiger partial charge in [-0.15, -0.1) is 0 Å². The molecule has 0 bridgehead atoms. The van der Waals surface area contributed by atoms with Gasteiger partial charge in [0.05, 0.1) is 5.56 Å². The zero-order valence-corrected chi connectivity index (χ0v) is 11.9. The third-order valence-corrected chi connectivity index (χ3v) is 3.44. The second kappa shape index (κ2) is 5.79. The van der Waals surface area contributed by atoms with E-state index in [-0.39, 0.29) is 5.91 Å². The highest BCUT2D eigenvalue weighted by atomic mass is 16.1. The summed E-state index contributed by atoms with van der Waals surface area (Å²) in [6.07, 6.45) is 4.04. The fourth-order valence-corrected chi connectivity index (χ4v) is 2.40. The molecule has 0 aliphatic carbocycles. The molecule has 2 aromatic heterocycles. The number of aryl methyl sites for hydroxylation is 1. The van der Waals surface area contributed by atoms with Crippen molar-refractivity contribution >= 4 is 16.8 Å². The number of H-pyrrole nitrogens is 1. The Morgan fingerprint density at radius 1 is 1.29 bits per heavy atom. The highest BCUT2D eigenvalue weighted by Crippen LogP contribution is 2.17. The molecule has 0 saturated carbocycles. The maximum absolute atomic E-state index is 11.9. The minimum absolute atomic E-state index is 0.0818. The minimum Gasteiger partial charge on any atom is -0.359 e. The van der Waals surface area contributed by atoms with E-state index in [4.69, 9.17) is 0 Å². The fraction of sp³-hybridized carbons (Fsp3) is 0.176. The molecule has 0 aliphatic rings. The number of aromatic amines is 1. The molecule has 0 atom stereocenters. The van der Waals surface area contributed by atoms with E-state index < -0.39 is 0 Å². The Balaban J connectivity index is 1.60. The molecule has 0 fully saturated rings. The Hall–Kier alpha value is -2.62. The summed E-state index contributed by atoms with van der Waals surface area (Å²) < 4.78 is 0. The van der Waals surface area contributed by atoms with Crippen LogP contribution in [0.5, 0.6) is 0 Å². The number of hydrogen-bond acceptors (Lipinski definition) is 2. The van der Waals surface area contributed by atoms with Crippen molar-refractivity contribution < 1.29 is 4.79 Å². The van der Waals surface area contributed by atoms with Crippen molar-refractivity contribution in [3.05, 3.63) is 65.6 Å². The third-order valence-electron chi connectivity index (χ3n) is 3.44. The lowest BCUT2D eigenvalue weighted by Crippen LogP contribution is -2.25. The quantitative estimate of drug-likeness (QED) is 0.771. The van der Waals surface area contributed by atoms with E-state index in [0.29, 0.717) is 12.1 Å². The average Bonchev–Trinajstić information content (AvgIpc) is 2.87. The van der Waals surface area contributed by atoms with Crippen molar-refractivity contribution in [3.8, 4) is 0 Å². The smallest absolute Gasteiger partial charge is 0.252 e. The lowest BCUT2D eigenvalue weighted by atomic mass is 10.1. The first-order valence-corrected chi connectivity index (χ1v) is 6.99. The lowest BCUT2D eigenvalue weighted by Gasteiger charge is -2.05. The van der Waals surface area contributed by atoms with Crippen molar-refractivity contribution in [1.82, 2.24) is 15.3 Å². The first kappa shape index (κ1) is 13.4. The molecule has 4 heteroatoms. The average molecular weight is 279 g/mol. The maximum Gasteiger partial charge on any atom is 0.252 e. The van der Waals surface area contributed by atoms with E-state index in [1.165, 1.54) is 10.9 Å². The van der Waals surface area contributed by atoms with Crippen LogP contribution in [0.25, 0.3) is 10.9 Å². The zero-order chi connectivity index (χ0) is 14.7. The SMILES string of the molecule is Cc1cc2cc(CCNC(=O)c3cccnc3)ccc2[nH]1. The molecule has 0 spiro atoms. The van der Waals surface area contributed by atoms with Crippen LogP contribution < -0.4 is 5.32 Å². The summed E-state index contributed by atoms with van der Waals surface area (Å²) in [5.74, 6) is -0.0818. The van der Waals surface area contributed by atoms with Crippen LogP contribution in [0.15, 0.2) is 48.8 Å². The Bertz CT molecular complexity index is 762. The van der Waals surface area contributed by atoms with Gasteiger partial charge in [-0.05, 0) is 54.6 Å². The first-order valence-electron chi connectivity index (χ1n) is 6.99. The predicted molar refractivity (Wildman–Crippen MR) is 83.3 cm³/mol. The number of hydrogen-bond donors (Lipinski definition) is 2. The van der Waals surface area contributed by atoms with Gasteiger partial charge in [0.1, 0.15) is 0 Å². The molecule has 3 rings (SSSR count). The van der Waals surface area contributed by atoms with Crippen LogP contribution in [-0.4, -0.2) is 22.4 Å². The monoisotopic (exact) mass is 279 g/mol. The summed E-state index contributed by atoms with van der Waals surface area (Å²) in [6, 6.07) is 12.0. The molecule has 2 heterocycles. The number of nitrogens with one attached hydrogen (secondary N) is 2. The number of carbonyl (C=O) groups is 1. The van der Waals surface area contributed by atoms with E-state index in [2.05, 4.69) is 39.6 Å². The van der Waals surface area contributed by atoms with E-state index in [9.17, 15) is 4.79 Å². The van der Waals surface area contributed by atoms with Crippen LogP contribution in [0.2, 0.25) is 0 Å². The second-order valence-electron chi connectivity index (χ2n) is 5.12. The van der Waals surface area contributed by atoms with E-state index in [0.717, 1.165) is 17.6 Å². The molecule has 106 valence electrons. The van der Waals surface area contributed by atoms with Gasteiger partial charge in [-0.25, -0.2) is 0 Å². The number of fused-ring (bicyclic) bond motifs is 1. The zero-order valence-electron chi connectivity index (χ0n) is 11.9. The standard InChI is InChI=1S/C17H17N3O/c1-12-9-15-10-13(4-5-16(15)20-12)6-8-19-17(21)14-3-2-7-18-11-14/h2-5,7,9-11,20H,6,8H2,1H3,(H,19,21). The Labute approximate surface area is 123 Å². The van der Waals surface area contributed by atoms with Gasteiger partial charge in [-0.2, -0.15) is 0 Å². The van der Waals surface area contributed by atoms with Crippen molar-refractivity contribution in [3.63, 3.8) is 0 Å². The predicted octanol–water partition coefficient (Wildman–Crippen LogP) is 2.84. The molecular formula is C17H17N3O. The van der Waals surface area contributed by atoms with Gasteiger partial charge in [-0.1, -0.05) is 6.07 Å². The van der Waals surface area contributed by atoms with Crippen molar-refractivity contribution in [2.24, 2.45) is 0 Å². The summed E-state index contributed by atoms with van der Waals surface area (Å²) in [5, 5.41) is 4.13. The number of benzene rings is 1. The fourth-order valence-electron chi connectivity index (χ4n) is 2.40. The first-order chi connectivity index (χ1) is 10.2. The highest BCUT2D eigenvalue weighted by Gasteiger charge is 2.04. The van der Waals surface area contributed by atoms with Crippen molar-refractivity contribution in [1.29, 1.82) is 0 Å². The largest absolute Gasteiger partial charge is 0.359 e. The third kappa shape index (κ3) is 3.11. The summed E-state index contributed by atoms with van der Waals surface area (Å²) in [5.41, 5.74) is 4.12. The maximum atomic E-state index is 11.9. The van der Waals surface area contributed by atoms with E-state index in [1.807, 2.05) is 6.92 Å². The van der Waals surface area contributed by atoms with Gasteiger partial charge in [0, 0.05) is 30.1 Å². The molecule has 3 aromatic rings. The summed E-state index contributed by atoms with van der Waals surface area (Å²) in [6.45, 7) is 2.66. The van der Waals surface area contributed by atoms with Crippen LogP contribution >= 0.6 is 0 Å². The van der Waals surface area contributed by atoms with E-state index in [1.54, 1.807) is 24.5 Å². The van der Waals surface area contributed by atoms with Gasteiger partial charge in [0.2, 0.25) is 0 Å². The van der Waals surface area contributed by atoms with Crippen LogP contribution in [0.4, 0.5) is 0 Å². The Morgan fingerprint density at radius 2 is 2.19 bits per heavy atom. The molecule has 0 aliphatic heterocycles. The van der Waals surface area contributed by atoms with E-state index >= 15 is 0 Å². The van der Waals surface area contributed by atoms with Crippen molar-refractivity contribution in [2.75, 3.05) is 6.54 Å². The topological polar surface area (TPSA) is 57.8 Å². The number of carbonyl (C=O) groups excluding carboxylic acids is 1. The van der Waals surface area contributed by atoms with Gasteiger partial charge in [0.15, 0.2) is 0 Å². The number of amides is 1. The molecule has 1 aromatic carbocycles. The molecule has 4 nitrogen and oxygen atoms in total. The Kier molecular flexibility index (Phi) is 3.69. The molecule has 2 N–H and O–H groups in total. The van der Waals surface area contributed by atoms with Crippen LogP contribution in [-0.2, 0) is 6.42 Å². The lowest BCUT2D eigenvalue weighted by molar-refractivity contribution is 0.0954. The number of pyridine rings is 1. The molecule has 1 amide bonds. The Morgan fingerprint density at radius 3 is 3.00 bits per heavy atom. The number of rotatable bonds is 4. The normalized spacial score (nSPS) is 10.7. The van der Waals surface area contributed by atoms with Crippen molar-refractivity contribution in [2.45, 2.75) is 13.3 Å². The molecule has 21 heavy (non-hydrogen) atoms. The summed E-state index contributed by atoms with van der Waals surface area (Å²) in [7, 11) is 0. The molecular weight excluding hydrogens is 262 g/mol.